The van der Waals surface area contributed by atoms with E-state index in [4.69, 9.17) is 10.5 Å². The van der Waals surface area contributed by atoms with Crippen LogP contribution in [0.4, 0.5) is 0 Å². The van der Waals surface area contributed by atoms with E-state index in [-0.39, 0.29) is 0 Å². The number of nitrogens with zero attached hydrogens (tertiary/aromatic N) is 1. The van der Waals surface area contributed by atoms with Crippen LogP contribution in [0.1, 0.15) is 17.7 Å². The average molecular weight is 226 g/mol. The van der Waals surface area contributed by atoms with E-state index in [1.807, 2.05) is 6.07 Å². The lowest BCUT2D eigenvalue weighted by molar-refractivity contribution is 0.205. The zero-order valence-electron chi connectivity index (χ0n) is 9.11. The van der Waals surface area contributed by atoms with Gasteiger partial charge in [-0.15, -0.1) is 11.3 Å². The van der Waals surface area contributed by atoms with Crippen molar-refractivity contribution < 1.29 is 4.74 Å². The van der Waals surface area contributed by atoms with Gasteiger partial charge in [0.2, 0.25) is 0 Å². The maximum absolute atomic E-state index is 5.88. The van der Waals surface area contributed by atoms with Crippen molar-refractivity contribution in [3.63, 3.8) is 0 Å². The van der Waals surface area contributed by atoms with E-state index in [2.05, 4.69) is 10.3 Å². The standard InChI is InChI=1S/C11H18N2OS/c1-14-10-4-7-15-11(10)8-13-5-2-9(12)3-6-13/h4,7,9H,2-3,5-6,8,12H2,1H3. The molecule has 2 N–H and O–H groups in total. The monoisotopic (exact) mass is 226 g/mol. The molecule has 0 atom stereocenters. The quantitative estimate of drug-likeness (QED) is 0.852. The minimum absolute atomic E-state index is 0.409. The van der Waals surface area contributed by atoms with Crippen molar-refractivity contribution in [1.82, 2.24) is 4.90 Å². The molecule has 15 heavy (non-hydrogen) atoms. The molecule has 1 saturated heterocycles. The van der Waals surface area contributed by atoms with E-state index in [1.54, 1.807) is 18.4 Å². The van der Waals surface area contributed by atoms with Gasteiger partial charge in [0.15, 0.2) is 0 Å². The summed E-state index contributed by atoms with van der Waals surface area (Å²) in [5.74, 6) is 1.02. The van der Waals surface area contributed by atoms with Gasteiger partial charge in [-0.2, -0.15) is 0 Å². The van der Waals surface area contributed by atoms with Crippen LogP contribution in [-0.2, 0) is 6.54 Å². The Morgan fingerprint density at radius 3 is 2.93 bits per heavy atom. The molecule has 1 fully saturated rings. The third kappa shape index (κ3) is 2.71. The zero-order valence-corrected chi connectivity index (χ0v) is 9.93. The first-order valence-electron chi connectivity index (χ1n) is 5.38. The number of nitrogens with two attached hydrogens (primary N) is 1. The van der Waals surface area contributed by atoms with Gasteiger partial charge in [-0.3, -0.25) is 4.90 Å². The molecule has 1 aliphatic rings. The first-order chi connectivity index (χ1) is 7.29. The molecule has 1 aromatic rings. The van der Waals surface area contributed by atoms with Crippen LogP contribution < -0.4 is 10.5 Å². The normalized spacial score (nSPS) is 19.3. The lowest BCUT2D eigenvalue weighted by Gasteiger charge is -2.29. The van der Waals surface area contributed by atoms with Crippen molar-refractivity contribution in [3.8, 4) is 5.75 Å². The van der Waals surface area contributed by atoms with Crippen LogP contribution in [0, 0.1) is 0 Å². The van der Waals surface area contributed by atoms with Gasteiger partial charge in [-0.05, 0) is 37.4 Å². The first-order valence-corrected chi connectivity index (χ1v) is 6.26. The number of ether oxygens (including phenoxy) is 1. The van der Waals surface area contributed by atoms with Gasteiger partial charge in [0.1, 0.15) is 5.75 Å². The summed E-state index contributed by atoms with van der Waals surface area (Å²) in [7, 11) is 1.73. The Balaban J connectivity index is 1.91. The van der Waals surface area contributed by atoms with E-state index in [1.165, 1.54) is 4.88 Å². The molecule has 0 amide bonds. The minimum atomic E-state index is 0.409. The highest BCUT2D eigenvalue weighted by Crippen LogP contribution is 2.26. The fourth-order valence-electron chi connectivity index (χ4n) is 1.94. The Labute approximate surface area is 94.8 Å². The number of likely N-dealkylation sites (tertiary alicyclic amines) is 1. The van der Waals surface area contributed by atoms with Crippen molar-refractivity contribution >= 4 is 11.3 Å². The number of hydrogen-bond donors (Lipinski definition) is 1. The Morgan fingerprint density at radius 1 is 1.53 bits per heavy atom. The molecule has 0 unspecified atom stereocenters. The summed E-state index contributed by atoms with van der Waals surface area (Å²) < 4.78 is 5.31. The fourth-order valence-corrected chi connectivity index (χ4v) is 2.82. The summed E-state index contributed by atoms with van der Waals surface area (Å²) in [5, 5.41) is 2.09. The molecule has 4 heteroatoms. The Hall–Kier alpha value is -0.580. The second kappa shape index (κ2) is 4.96. The van der Waals surface area contributed by atoms with Gasteiger partial charge < -0.3 is 10.5 Å². The Morgan fingerprint density at radius 2 is 2.27 bits per heavy atom. The number of piperidine rings is 1. The molecule has 0 radical (unpaired) electrons. The minimum Gasteiger partial charge on any atom is -0.496 e. The summed E-state index contributed by atoms with van der Waals surface area (Å²) in [5.41, 5.74) is 5.88. The maximum Gasteiger partial charge on any atom is 0.134 e. The first kappa shape index (κ1) is 10.9. The molecular formula is C11H18N2OS. The molecule has 2 rings (SSSR count). The topological polar surface area (TPSA) is 38.5 Å². The van der Waals surface area contributed by atoms with Gasteiger partial charge in [0, 0.05) is 12.6 Å². The van der Waals surface area contributed by atoms with Crippen LogP contribution in [0.2, 0.25) is 0 Å². The molecule has 3 nitrogen and oxygen atoms in total. The summed E-state index contributed by atoms with van der Waals surface area (Å²) in [6, 6.07) is 2.45. The fraction of sp³-hybridized carbons (Fsp3) is 0.636. The smallest absolute Gasteiger partial charge is 0.134 e. The van der Waals surface area contributed by atoms with E-state index in [0.717, 1.165) is 38.2 Å². The Bertz CT molecular complexity index is 305. The second-order valence-corrected chi connectivity index (χ2v) is 5.03. The van der Waals surface area contributed by atoms with Gasteiger partial charge in [-0.1, -0.05) is 0 Å². The predicted octanol–water partition coefficient (Wildman–Crippen LogP) is 1.68. The third-order valence-corrected chi connectivity index (χ3v) is 3.81. The van der Waals surface area contributed by atoms with Crippen LogP contribution in [-0.4, -0.2) is 31.1 Å². The molecule has 0 saturated carbocycles. The van der Waals surface area contributed by atoms with Gasteiger partial charge >= 0.3 is 0 Å². The molecule has 2 heterocycles. The van der Waals surface area contributed by atoms with Crippen molar-refractivity contribution in [3.05, 3.63) is 16.3 Å². The van der Waals surface area contributed by atoms with Gasteiger partial charge in [-0.25, -0.2) is 0 Å². The highest BCUT2D eigenvalue weighted by atomic mass is 32.1. The van der Waals surface area contributed by atoms with E-state index < -0.39 is 0 Å². The summed E-state index contributed by atoms with van der Waals surface area (Å²) in [6.07, 6.45) is 2.24. The molecule has 0 aliphatic carbocycles. The van der Waals surface area contributed by atoms with Crippen molar-refractivity contribution in [2.45, 2.75) is 25.4 Å². The molecule has 84 valence electrons. The van der Waals surface area contributed by atoms with Gasteiger partial charge in [0.25, 0.3) is 0 Å². The number of thiophene rings is 1. The molecule has 0 spiro atoms. The molecular weight excluding hydrogens is 208 g/mol. The SMILES string of the molecule is COc1ccsc1CN1CCC(N)CC1. The van der Waals surface area contributed by atoms with Crippen molar-refractivity contribution in [1.29, 1.82) is 0 Å². The average Bonchev–Trinajstić information content (AvgIpc) is 2.69. The summed E-state index contributed by atoms with van der Waals surface area (Å²) >= 11 is 1.77. The largest absolute Gasteiger partial charge is 0.496 e. The molecule has 1 aliphatic heterocycles. The van der Waals surface area contributed by atoms with Crippen LogP contribution in [0.15, 0.2) is 11.4 Å². The summed E-state index contributed by atoms with van der Waals surface area (Å²) in [6.45, 7) is 3.23. The molecule has 1 aromatic heterocycles. The molecule has 0 bridgehead atoms. The highest BCUT2D eigenvalue weighted by molar-refractivity contribution is 7.10. The van der Waals surface area contributed by atoms with E-state index in [0.29, 0.717) is 6.04 Å². The zero-order chi connectivity index (χ0) is 10.7. The predicted molar refractivity (Wildman–Crippen MR) is 63.4 cm³/mol. The van der Waals surface area contributed by atoms with Crippen LogP contribution >= 0.6 is 11.3 Å². The van der Waals surface area contributed by atoms with Crippen molar-refractivity contribution in [2.24, 2.45) is 5.73 Å². The van der Waals surface area contributed by atoms with E-state index >= 15 is 0 Å². The second-order valence-electron chi connectivity index (χ2n) is 4.03. The highest BCUT2D eigenvalue weighted by Gasteiger charge is 2.17. The lowest BCUT2D eigenvalue weighted by Crippen LogP contribution is -2.39. The number of hydrogen-bond acceptors (Lipinski definition) is 4. The summed E-state index contributed by atoms with van der Waals surface area (Å²) in [4.78, 5) is 3.78. The maximum atomic E-state index is 5.88. The Kier molecular flexibility index (Phi) is 3.61. The van der Waals surface area contributed by atoms with Crippen LogP contribution in [0.25, 0.3) is 0 Å². The van der Waals surface area contributed by atoms with Gasteiger partial charge in [0.05, 0.1) is 12.0 Å². The van der Waals surface area contributed by atoms with E-state index in [9.17, 15) is 0 Å². The van der Waals surface area contributed by atoms with Crippen LogP contribution in [0.3, 0.4) is 0 Å². The van der Waals surface area contributed by atoms with Crippen LogP contribution in [0.5, 0.6) is 5.75 Å². The third-order valence-electron chi connectivity index (χ3n) is 2.92. The number of rotatable bonds is 3. The lowest BCUT2D eigenvalue weighted by atomic mass is 10.1. The molecule has 0 aromatic carbocycles. The number of methoxy groups -OCH3 is 1. The van der Waals surface area contributed by atoms with Crippen molar-refractivity contribution in [2.75, 3.05) is 20.2 Å².